The number of hydrogen-bond acceptors (Lipinski definition) is 10. The average molecular weight is 998 g/mol. The molecule has 5 heterocycles. The van der Waals surface area contributed by atoms with Crippen molar-refractivity contribution >= 4 is 92.6 Å². The van der Waals surface area contributed by atoms with Gasteiger partial charge in [0.15, 0.2) is 0 Å². The monoisotopic (exact) mass is 997 g/mol. The summed E-state index contributed by atoms with van der Waals surface area (Å²) in [5.74, 6) is -1.85. The van der Waals surface area contributed by atoms with Crippen LogP contribution in [-0.2, 0) is 22.4 Å². The van der Waals surface area contributed by atoms with Crippen LogP contribution in [0.1, 0.15) is 126 Å². The van der Waals surface area contributed by atoms with Crippen LogP contribution in [0.15, 0.2) is 93.7 Å². The molecule has 1 unspecified atom stereocenters. The molecule has 0 amide bonds. The van der Waals surface area contributed by atoms with Gasteiger partial charge in [0, 0.05) is 55.4 Å². The Morgan fingerprint density at radius 2 is 1.03 bits per heavy atom. The van der Waals surface area contributed by atoms with Gasteiger partial charge in [-0.05, 0) is 133 Å². The molecule has 0 saturated heterocycles. The van der Waals surface area contributed by atoms with Crippen molar-refractivity contribution in [3.8, 4) is 52.5 Å². The van der Waals surface area contributed by atoms with E-state index in [-0.39, 0.29) is 11.1 Å². The van der Waals surface area contributed by atoms with Crippen LogP contribution in [-0.4, -0.2) is 28.7 Å². The molecule has 68 heavy (non-hydrogen) atoms. The molecule has 0 bridgehead atoms. The Bertz CT molecular complexity index is 2690. The van der Waals surface area contributed by atoms with E-state index in [2.05, 4.69) is 105 Å². The van der Waals surface area contributed by atoms with Crippen molar-refractivity contribution in [2.24, 2.45) is 5.92 Å². The third kappa shape index (κ3) is 12.3. The van der Waals surface area contributed by atoms with Gasteiger partial charge in [-0.3, -0.25) is 0 Å². The Morgan fingerprint density at radius 3 is 1.44 bits per heavy atom. The topological polar surface area (TPSA) is 125 Å². The number of unbranched alkanes of at least 4 members (excludes halogenated alkanes) is 7. The van der Waals surface area contributed by atoms with E-state index in [1.807, 2.05) is 23.9 Å². The van der Waals surface area contributed by atoms with Crippen LogP contribution in [0, 0.1) is 28.6 Å². The summed E-state index contributed by atoms with van der Waals surface area (Å²) in [6, 6.07) is 30.6. The predicted octanol–water partition coefficient (Wildman–Crippen LogP) is 17.6. The van der Waals surface area contributed by atoms with Gasteiger partial charge < -0.3 is 15.1 Å². The highest BCUT2D eigenvalue weighted by Gasteiger charge is 2.27. The molecule has 4 aromatic heterocycles. The number of aliphatic carboxylic acids is 2. The van der Waals surface area contributed by atoms with Crippen LogP contribution < -0.4 is 4.90 Å². The van der Waals surface area contributed by atoms with Crippen molar-refractivity contribution in [1.29, 1.82) is 10.5 Å². The molecule has 0 saturated carbocycles. The molecule has 7 nitrogen and oxygen atoms in total. The number of nitrogens with zero attached hydrogens (tertiary/aromatic N) is 3. The highest BCUT2D eigenvalue weighted by molar-refractivity contribution is 7.99. The number of aryl methyl sites for hydroxylation is 2. The normalized spacial score (nSPS) is 12.9. The number of carbonyl (C=O) groups is 2. The zero-order valence-corrected chi connectivity index (χ0v) is 43.4. The Morgan fingerprint density at radius 1 is 0.574 bits per heavy atom. The maximum absolute atomic E-state index is 11.8. The first-order valence-corrected chi connectivity index (χ1v) is 28.1. The van der Waals surface area contributed by atoms with Gasteiger partial charge in [0.2, 0.25) is 0 Å². The molecule has 2 N–H and O–H groups in total. The second-order valence-corrected chi connectivity index (χ2v) is 22.8. The molecule has 1 aliphatic heterocycles. The second-order valence-electron chi connectivity index (χ2n) is 17.4. The number of thiophene rings is 4. The standard InChI is InChI=1S/C56H59N3O4S5/c1-5-9-12-14-17-37-29-53(66-49(37)31-41(33-57)55(60)61)47-25-23-45(64-47)39-19-21-43-51(27-39)68-52-28-40(20-22-44(52)59(43)35-36(8-4)16-11-7-3)46-24-26-48(65-46)54-30-38(18-15-13-10-6-2)50(67-54)32-42(34-58)56(62)63/h19-32,36H,5-18,35H2,1-4H3,(H,60,61)(H,62,63)/b41-31+,42-32+. The Balaban J connectivity index is 1.20. The van der Waals surface area contributed by atoms with Crippen molar-refractivity contribution in [3.63, 3.8) is 0 Å². The van der Waals surface area contributed by atoms with Gasteiger partial charge in [-0.15, -0.1) is 45.3 Å². The summed E-state index contributed by atoms with van der Waals surface area (Å²) in [4.78, 5) is 37.0. The Labute approximate surface area is 422 Å². The van der Waals surface area contributed by atoms with Crippen LogP contribution >= 0.6 is 57.1 Å². The van der Waals surface area contributed by atoms with Crippen molar-refractivity contribution in [1.82, 2.24) is 0 Å². The van der Waals surface area contributed by atoms with Crippen LogP contribution in [0.3, 0.4) is 0 Å². The molecular formula is C56H59N3O4S5. The first kappa shape index (κ1) is 50.7. The average Bonchev–Trinajstić information content (AvgIpc) is 4.18. The summed E-state index contributed by atoms with van der Waals surface area (Å²) in [5, 5.41) is 38.4. The van der Waals surface area contributed by atoms with Crippen molar-refractivity contribution in [3.05, 3.63) is 105 Å². The van der Waals surface area contributed by atoms with Gasteiger partial charge >= 0.3 is 11.9 Å². The number of carboxylic acids is 2. The van der Waals surface area contributed by atoms with E-state index in [1.54, 1.807) is 57.5 Å². The SMILES string of the molecule is CCCCCCc1cc(-c2ccc(-c3ccc4c(c3)Sc3cc(-c5ccc(-c6cc(CCCCCC)c(/C=C(\C#N)C(=O)O)s6)s5)ccc3N4CC(CC)CCCC)s2)sc1/C=C(\C#N)C(=O)O. The van der Waals surface area contributed by atoms with Gasteiger partial charge in [-0.2, -0.15) is 10.5 Å². The molecule has 2 aromatic carbocycles. The third-order valence-electron chi connectivity index (χ3n) is 12.5. The van der Waals surface area contributed by atoms with E-state index in [4.69, 9.17) is 0 Å². The van der Waals surface area contributed by atoms with E-state index in [1.165, 1.54) is 40.4 Å². The number of rotatable bonds is 24. The molecule has 12 heteroatoms. The fraction of sp³-hybridized carbons (Fsp3) is 0.357. The quantitative estimate of drug-likeness (QED) is 0.0349. The van der Waals surface area contributed by atoms with Crippen LogP contribution in [0.2, 0.25) is 0 Å². The van der Waals surface area contributed by atoms with Crippen molar-refractivity contribution in [2.75, 3.05) is 11.4 Å². The molecule has 352 valence electrons. The summed E-state index contributed by atoms with van der Waals surface area (Å²) < 4.78 is 0. The highest BCUT2D eigenvalue weighted by Crippen LogP contribution is 2.52. The molecule has 0 aliphatic carbocycles. The summed E-state index contributed by atoms with van der Waals surface area (Å²) in [6.45, 7) is 9.90. The molecular weight excluding hydrogens is 939 g/mol. The van der Waals surface area contributed by atoms with E-state index >= 15 is 0 Å². The first-order valence-electron chi connectivity index (χ1n) is 24.0. The lowest BCUT2D eigenvalue weighted by Gasteiger charge is -2.35. The summed E-state index contributed by atoms with van der Waals surface area (Å²) >= 11 is 8.43. The van der Waals surface area contributed by atoms with E-state index in [0.29, 0.717) is 5.92 Å². The number of benzene rings is 2. The minimum atomic E-state index is -1.20. The molecule has 0 radical (unpaired) electrons. The summed E-state index contributed by atoms with van der Waals surface area (Å²) in [7, 11) is 0. The maximum Gasteiger partial charge on any atom is 0.346 e. The minimum Gasteiger partial charge on any atom is -0.477 e. The fourth-order valence-electron chi connectivity index (χ4n) is 8.61. The largest absolute Gasteiger partial charge is 0.477 e. The molecule has 1 aliphatic rings. The predicted molar refractivity (Wildman–Crippen MR) is 289 cm³/mol. The summed E-state index contributed by atoms with van der Waals surface area (Å²) in [5.41, 5.74) is 6.47. The van der Waals surface area contributed by atoms with Gasteiger partial charge in [0.05, 0.1) is 11.4 Å². The number of anilines is 2. The van der Waals surface area contributed by atoms with Crippen molar-refractivity contribution in [2.45, 2.75) is 127 Å². The van der Waals surface area contributed by atoms with Gasteiger partial charge in [0.25, 0.3) is 0 Å². The smallest absolute Gasteiger partial charge is 0.346 e. The lowest BCUT2D eigenvalue weighted by Crippen LogP contribution is -2.27. The third-order valence-corrected chi connectivity index (χ3v) is 18.5. The number of nitriles is 2. The van der Waals surface area contributed by atoms with Gasteiger partial charge in [0.1, 0.15) is 23.3 Å². The maximum atomic E-state index is 11.8. The zero-order valence-electron chi connectivity index (χ0n) is 39.4. The fourth-order valence-corrected chi connectivity index (χ4v) is 14.3. The molecule has 1 atom stereocenters. The van der Waals surface area contributed by atoms with Crippen LogP contribution in [0.5, 0.6) is 0 Å². The Hall–Kier alpha value is -5.21. The number of carboxylic acid groups (broad SMARTS) is 2. The van der Waals surface area contributed by atoms with Crippen LogP contribution in [0.25, 0.3) is 52.5 Å². The Kier molecular flexibility index (Phi) is 18.2. The van der Waals surface area contributed by atoms with Gasteiger partial charge in [-0.25, -0.2) is 9.59 Å². The highest BCUT2D eigenvalue weighted by atomic mass is 32.2. The van der Waals surface area contributed by atoms with E-state index < -0.39 is 11.9 Å². The summed E-state index contributed by atoms with van der Waals surface area (Å²) in [6.07, 6.45) is 18.3. The van der Waals surface area contributed by atoms with E-state index in [9.17, 15) is 30.3 Å². The molecule has 6 aromatic rings. The van der Waals surface area contributed by atoms with E-state index in [0.717, 1.165) is 138 Å². The lowest BCUT2D eigenvalue weighted by molar-refractivity contribution is -0.133. The lowest BCUT2D eigenvalue weighted by atomic mass is 9.97. The number of fused-ring (bicyclic) bond motifs is 2. The molecule has 7 rings (SSSR count). The van der Waals surface area contributed by atoms with Crippen molar-refractivity contribution < 1.29 is 19.8 Å². The van der Waals surface area contributed by atoms with Gasteiger partial charge in [-0.1, -0.05) is 109 Å². The number of hydrogen-bond donors (Lipinski definition) is 2. The minimum absolute atomic E-state index is 0.246. The van der Waals surface area contributed by atoms with Crippen LogP contribution in [0.4, 0.5) is 11.4 Å². The molecule has 0 fully saturated rings. The molecule has 0 spiro atoms. The second kappa shape index (κ2) is 24.4. The first-order chi connectivity index (χ1) is 33.1. The zero-order chi connectivity index (χ0) is 48.2.